The van der Waals surface area contributed by atoms with Crippen LogP contribution in [0, 0.1) is 0 Å². The van der Waals surface area contributed by atoms with Gasteiger partial charge in [-0.3, -0.25) is 0 Å². The van der Waals surface area contributed by atoms with Gasteiger partial charge < -0.3 is 10.2 Å². The van der Waals surface area contributed by atoms with Gasteiger partial charge in [0.15, 0.2) is 0 Å². The number of hydrogen-bond acceptors (Lipinski definition) is 2. The highest BCUT2D eigenvalue weighted by molar-refractivity contribution is 5.33. The van der Waals surface area contributed by atoms with Gasteiger partial charge in [-0.05, 0) is 25.3 Å². The normalized spacial score (nSPS) is 23.2. The fourth-order valence-corrected chi connectivity index (χ4v) is 1.67. The summed E-state index contributed by atoms with van der Waals surface area (Å²) < 4.78 is 0. The average Bonchev–Trinajstić information content (AvgIpc) is 2.47. The van der Waals surface area contributed by atoms with E-state index in [1.54, 1.807) is 0 Å². The first-order valence-corrected chi connectivity index (χ1v) is 5.09. The van der Waals surface area contributed by atoms with Crippen LogP contribution in [0.5, 0.6) is 0 Å². The second kappa shape index (κ2) is 4.95. The van der Waals surface area contributed by atoms with Crippen molar-refractivity contribution in [3.63, 3.8) is 0 Å². The minimum absolute atomic E-state index is 1.07. The quantitative estimate of drug-likeness (QED) is 0.669. The Kier molecular flexibility index (Phi) is 3.87. The molecule has 2 nitrogen and oxygen atoms in total. The highest BCUT2D eigenvalue weighted by atomic mass is 15.1. The summed E-state index contributed by atoms with van der Waals surface area (Å²) in [6, 6.07) is 0. The van der Waals surface area contributed by atoms with Crippen molar-refractivity contribution >= 4 is 0 Å². The van der Waals surface area contributed by atoms with Crippen molar-refractivity contribution in [2.45, 2.75) is 26.7 Å². The number of likely N-dealkylation sites (tertiary alicyclic amines) is 1. The Balaban J connectivity index is 2.55. The zero-order chi connectivity index (χ0) is 9.68. The molecule has 0 amide bonds. The third kappa shape index (κ3) is 2.51. The molecule has 1 heterocycles. The third-order valence-electron chi connectivity index (χ3n) is 2.40. The van der Waals surface area contributed by atoms with Crippen LogP contribution in [-0.2, 0) is 0 Å². The molecule has 0 spiro atoms. The standard InChI is InChI=1S/C11H20N2/c1-4-7-12-9-10-6-8-13(3)11(10)5-2/h5,9,12H,4,6-8H2,1-3H3/b10-9+,11-5?. The summed E-state index contributed by atoms with van der Waals surface area (Å²) in [6.45, 7) is 6.51. The number of hydrogen-bond donors (Lipinski definition) is 1. The molecular weight excluding hydrogens is 160 g/mol. The van der Waals surface area contributed by atoms with E-state index < -0.39 is 0 Å². The Labute approximate surface area is 81.3 Å². The number of rotatable bonds is 3. The molecule has 1 fully saturated rings. The third-order valence-corrected chi connectivity index (χ3v) is 2.40. The fourth-order valence-electron chi connectivity index (χ4n) is 1.67. The molecule has 1 aliphatic heterocycles. The zero-order valence-corrected chi connectivity index (χ0v) is 8.93. The summed E-state index contributed by atoms with van der Waals surface area (Å²) in [7, 11) is 2.15. The topological polar surface area (TPSA) is 15.3 Å². The van der Waals surface area contributed by atoms with Crippen LogP contribution in [0.1, 0.15) is 26.7 Å². The van der Waals surface area contributed by atoms with Crippen molar-refractivity contribution in [2.24, 2.45) is 0 Å². The molecule has 1 aliphatic rings. The predicted molar refractivity (Wildman–Crippen MR) is 57.4 cm³/mol. The zero-order valence-electron chi connectivity index (χ0n) is 8.93. The number of allylic oxidation sites excluding steroid dienone is 2. The highest BCUT2D eigenvalue weighted by Gasteiger charge is 2.16. The van der Waals surface area contributed by atoms with E-state index in [1.165, 1.54) is 24.1 Å². The molecular formula is C11H20N2. The van der Waals surface area contributed by atoms with Crippen molar-refractivity contribution < 1.29 is 0 Å². The molecule has 0 aromatic rings. The Morgan fingerprint density at radius 2 is 2.31 bits per heavy atom. The fraction of sp³-hybridized carbons (Fsp3) is 0.636. The molecule has 0 radical (unpaired) electrons. The Bertz CT molecular complexity index is 216. The van der Waals surface area contributed by atoms with Crippen LogP contribution >= 0.6 is 0 Å². The molecule has 74 valence electrons. The summed E-state index contributed by atoms with van der Waals surface area (Å²) >= 11 is 0. The summed E-state index contributed by atoms with van der Waals surface area (Å²) in [5.74, 6) is 0. The SMILES string of the molecule is CC=C1/C(=C/NCCC)CCN1C. The van der Waals surface area contributed by atoms with Crippen molar-refractivity contribution in [1.82, 2.24) is 10.2 Å². The van der Waals surface area contributed by atoms with Crippen molar-refractivity contribution in [3.8, 4) is 0 Å². The highest BCUT2D eigenvalue weighted by Crippen LogP contribution is 2.24. The molecule has 0 atom stereocenters. The van der Waals surface area contributed by atoms with E-state index in [0.29, 0.717) is 0 Å². The lowest BCUT2D eigenvalue weighted by molar-refractivity contribution is 0.481. The summed E-state index contributed by atoms with van der Waals surface area (Å²) in [5.41, 5.74) is 2.82. The van der Waals surface area contributed by atoms with Crippen LogP contribution < -0.4 is 5.32 Å². The van der Waals surface area contributed by atoms with Gasteiger partial charge in [-0.15, -0.1) is 0 Å². The molecule has 0 aromatic carbocycles. The van der Waals surface area contributed by atoms with Crippen molar-refractivity contribution in [3.05, 3.63) is 23.5 Å². The van der Waals surface area contributed by atoms with Crippen LogP contribution in [0.15, 0.2) is 23.5 Å². The van der Waals surface area contributed by atoms with Crippen LogP contribution in [0.3, 0.4) is 0 Å². The van der Waals surface area contributed by atoms with Crippen molar-refractivity contribution in [2.75, 3.05) is 20.1 Å². The molecule has 2 heteroatoms. The molecule has 1 rings (SSSR count). The number of likely N-dealkylation sites (N-methyl/N-ethyl adjacent to an activating group) is 1. The van der Waals surface area contributed by atoms with Crippen LogP contribution in [0.25, 0.3) is 0 Å². The van der Waals surface area contributed by atoms with E-state index in [-0.39, 0.29) is 0 Å². The van der Waals surface area contributed by atoms with E-state index in [2.05, 4.69) is 43.4 Å². The Morgan fingerprint density at radius 3 is 2.92 bits per heavy atom. The van der Waals surface area contributed by atoms with E-state index >= 15 is 0 Å². The van der Waals surface area contributed by atoms with Gasteiger partial charge in [0, 0.05) is 32.0 Å². The molecule has 1 N–H and O–H groups in total. The minimum Gasteiger partial charge on any atom is -0.391 e. The van der Waals surface area contributed by atoms with E-state index in [9.17, 15) is 0 Å². The van der Waals surface area contributed by atoms with Crippen LogP contribution in [-0.4, -0.2) is 25.0 Å². The predicted octanol–water partition coefficient (Wildman–Crippen LogP) is 2.11. The summed E-state index contributed by atoms with van der Waals surface area (Å²) in [4.78, 5) is 2.31. The summed E-state index contributed by atoms with van der Waals surface area (Å²) in [6.07, 6.45) is 6.71. The number of nitrogens with zero attached hydrogens (tertiary/aromatic N) is 1. The second-order valence-corrected chi connectivity index (χ2v) is 3.47. The van der Waals surface area contributed by atoms with E-state index in [0.717, 1.165) is 13.1 Å². The molecule has 0 unspecified atom stereocenters. The van der Waals surface area contributed by atoms with Gasteiger partial charge in [0.25, 0.3) is 0 Å². The van der Waals surface area contributed by atoms with Crippen LogP contribution in [0.4, 0.5) is 0 Å². The first-order valence-electron chi connectivity index (χ1n) is 5.09. The van der Waals surface area contributed by atoms with Crippen LogP contribution in [0.2, 0.25) is 0 Å². The maximum Gasteiger partial charge on any atom is 0.0368 e. The van der Waals surface area contributed by atoms with Gasteiger partial charge in [0.05, 0.1) is 0 Å². The van der Waals surface area contributed by atoms with Gasteiger partial charge >= 0.3 is 0 Å². The van der Waals surface area contributed by atoms with Gasteiger partial charge in [0.2, 0.25) is 0 Å². The Morgan fingerprint density at radius 1 is 1.54 bits per heavy atom. The first kappa shape index (κ1) is 10.2. The van der Waals surface area contributed by atoms with Crippen molar-refractivity contribution in [1.29, 1.82) is 0 Å². The van der Waals surface area contributed by atoms with E-state index in [1.807, 2.05) is 0 Å². The molecule has 1 saturated heterocycles. The first-order chi connectivity index (χ1) is 6.29. The lowest BCUT2D eigenvalue weighted by Gasteiger charge is -2.12. The maximum absolute atomic E-state index is 3.33. The molecule has 0 aliphatic carbocycles. The van der Waals surface area contributed by atoms with Gasteiger partial charge in [-0.2, -0.15) is 0 Å². The van der Waals surface area contributed by atoms with E-state index in [4.69, 9.17) is 0 Å². The second-order valence-electron chi connectivity index (χ2n) is 3.47. The maximum atomic E-state index is 3.33. The molecule has 13 heavy (non-hydrogen) atoms. The molecule has 0 aromatic heterocycles. The summed E-state index contributed by atoms with van der Waals surface area (Å²) in [5, 5.41) is 3.33. The lowest BCUT2D eigenvalue weighted by Crippen LogP contribution is -2.11. The molecule has 0 saturated carbocycles. The smallest absolute Gasteiger partial charge is 0.0368 e. The monoisotopic (exact) mass is 180 g/mol. The van der Waals surface area contributed by atoms with Gasteiger partial charge in [0.1, 0.15) is 0 Å². The largest absolute Gasteiger partial charge is 0.391 e. The lowest BCUT2D eigenvalue weighted by atomic mass is 10.2. The molecule has 0 bridgehead atoms. The number of nitrogens with one attached hydrogen (secondary N) is 1. The van der Waals surface area contributed by atoms with Gasteiger partial charge in [-0.1, -0.05) is 13.0 Å². The minimum atomic E-state index is 1.07. The average molecular weight is 180 g/mol. The Hall–Kier alpha value is -0.920. The van der Waals surface area contributed by atoms with Gasteiger partial charge in [-0.25, -0.2) is 0 Å².